The fourth-order valence-corrected chi connectivity index (χ4v) is 5.76. The predicted molar refractivity (Wildman–Crippen MR) is 173 cm³/mol. The van der Waals surface area contributed by atoms with Crippen molar-refractivity contribution in [2.45, 2.75) is 12.5 Å². The van der Waals surface area contributed by atoms with Crippen LogP contribution in [0.5, 0.6) is 17.2 Å². The molecule has 2 aliphatic rings. The molecule has 1 atom stereocenters. The lowest BCUT2D eigenvalue weighted by Gasteiger charge is -2.33. The van der Waals surface area contributed by atoms with Crippen LogP contribution in [0.2, 0.25) is 5.02 Å². The van der Waals surface area contributed by atoms with Gasteiger partial charge in [-0.05, 0) is 72.1 Å². The molecule has 2 aliphatic heterocycles. The largest absolute Gasteiger partial charge is 0.497 e. The highest BCUT2D eigenvalue weighted by Gasteiger charge is 2.31. The average Bonchev–Trinajstić information content (AvgIpc) is 3.45. The Hall–Kier alpha value is -4.25. The van der Waals surface area contributed by atoms with Crippen LogP contribution in [0.15, 0.2) is 66.7 Å². The maximum absolute atomic E-state index is 12.2. The number of benzene rings is 3. The number of morpholine rings is 1. The average molecular weight is 635 g/mol. The van der Waals surface area contributed by atoms with Gasteiger partial charge in [-0.3, -0.25) is 14.5 Å². The van der Waals surface area contributed by atoms with Gasteiger partial charge in [-0.2, -0.15) is 0 Å². The fourth-order valence-electron chi connectivity index (χ4n) is 5.59. The van der Waals surface area contributed by atoms with Crippen molar-refractivity contribution in [2.75, 3.05) is 66.8 Å². The van der Waals surface area contributed by atoms with Crippen LogP contribution in [0, 0.1) is 0 Å². The van der Waals surface area contributed by atoms with E-state index in [1.165, 1.54) is 5.56 Å². The molecule has 3 heterocycles. The van der Waals surface area contributed by atoms with Gasteiger partial charge in [0.05, 0.1) is 33.5 Å². The number of hydrogen-bond donors (Lipinski definition) is 2. The van der Waals surface area contributed by atoms with Crippen molar-refractivity contribution in [3.05, 3.63) is 88.6 Å². The SMILES string of the molecule is COc1ccc(OC)cc1.O=CN1CCc2c([nH]c3ccc(Cl)cc23)C1c1ccc(OCC(=O)NCCN2CCOCC2)cc1. The molecule has 10 nitrogen and oxygen atoms in total. The molecule has 1 aromatic heterocycles. The van der Waals surface area contributed by atoms with E-state index in [0.717, 1.165) is 79.3 Å². The number of carbonyl (C=O) groups excluding carboxylic acids is 2. The molecular weight excluding hydrogens is 596 g/mol. The van der Waals surface area contributed by atoms with Crippen LogP contribution in [-0.2, 0) is 20.7 Å². The molecule has 4 aromatic rings. The van der Waals surface area contributed by atoms with Crippen LogP contribution >= 0.6 is 11.6 Å². The van der Waals surface area contributed by atoms with Gasteiger partial charge in [0.25, 0.3) is 5.91 Å². The van der Waals surface area contributed by atoms with Crippen molar-refractivity contribution in [1.29, 1.82) is 0 Å². The van der Waals surface area contributed by atoms with Gasteiger partial charge < -0.3 is 34.1 Å². The van der Waals surface area contributed by atoms with Crippen LogP contribution in [-0.4, -0.2) is 93.9 Å². The first-order chi connectivity index (χ1) is 22.0. The zero-order valence-electron chi connectivity index (χ0n) is 25.6. The molecule has 6 rings (SSSR count). The third-order valence-electron chi connectivity index (χ3n) is 7.98. The van der Waals surface area contributed by atoms with Crippen LogP contribution in [0.4, 0.5) is 0 Å². The second-order valence-corrected chi connectivity index (χ2v) is 11.2. The molecular formula is C34H39ClN4O6. The summed E-state index contributed by atoms with van der Waals surface area (Å²) in [6.45, 7) is 5.26. The van der Waals surface area contributed by atoms with Gasteiger partial charge in [-0.25, -0.2) is 0 Å². The second-order valence-electron chi connectivity index (χ2n) is 10.7. The lowest BCUT2D eigenvalue weighted by atomic mass is 9.93. The Morgan fingerprint density at radius 1 is 0.978 bits per heavy atom. The monoisotopic (exact) mass is 634 g/mol. The molecule has 3 aromatic carbocycles. The molecule has 1 unspecified atom stereocenters. The van der Waals surface area contributed by atoms with Gasteiger partial charge in [0, 0.05) is 54.3 Å². The molecule has 0 bridgehead atoms. The Bertz CT molecular complexity index is 1530. The maximum Gasteiger partial charge on any atom is 0.257 e. The van der Waals surface area contributed by atoms with Gasteiger partial charge in [0.2, 0.25) is 6.41 Å². The van der Waals surface area contributed by atoms with Crippen molar-refractivity contribution in [3.63, 3.8) is 0 Å². The van der Waals surface area contributed by atoms with Crippen LogP contribution < -0.4 is 19.5 Å². The fraction of sp³-hybridized carbons (Fsp3) is 0.353. The summed E-state index contributed by atoms with van der Waals surface area (Å²) in [7, 11) is 3.28. The van der Waals surface area contributed by atoms with Gasteiger partial charge in [-0.1, -0.05) is 23.7 Å². The predicted octanol–water partition coefficient (Wildman–Crippen LogP) is 4.46. The molecule has 2 N–H and O–H groups in total. The van der Waals surface area contributed by atoms with Crippen molar-refractivity contribution < 1.29 is 28.5 Å². The minimum absolute atomic E-state index is 0.0424. The van der Waals surface area contributed by atoms with Crippen molar-refractivity contribution >= 4 is 34.8 Å². The summed E-state index contributed by atoms with van der Waals surface area (Å²) in [5.74, 6) is 2.15. The maximum atomic E-state index is 12.2. The van der Waals surface area contributed by atoms with Gasteiger partial charge in [0.1, 0.15) is 17.2 Å². The first-order valence-electron chi connectivity index (χ1n) is 15.0. The van der Waals surface area contributed by atoms with Crippen molar-refractivity contribution in [2.24, 2.45) is 0 Å². The Morgan fingerprint density at radius 3 is 2.29 bits per heavy atom. The van der Waals surface area contributed by atoms with E-state index in [4.69, 9.17) is 30.5 Å². The first-order valence-corrected chi connectivity index (χ1v) is 15.4. The third-order valence-corrected chi connectivity index (χ3v) is 8.21. The molecule has 45 heavy (non-hydrogen) atoms. The number of hydrogen-bond acceptors (Lipinski definition) is 7. The van der Waals surface area contributed by atoms with Crippen LogP contribution in [0.3, 0.4) is 0 Å². The van der Waals surface area contributed by atoms with Gasteiger partial charge in [-0.15, -0.1) is 0 Å². The highest BCUT2D eigenvalue weighted by molar-refractivity contribution is 6.31. The number of amides is 2. The normalized spacial score (nSPS) is 16.2. The minimum Gasteiger partial charge on any atom is -0.497 e. The summed E-state index contributed by atoms with van der Waals surface area (Å²) in [6, 6.07) is 20.6. The van der Waals surface area contributed by atoms with E-state index in [1.54, 1.807) is 19.1 Å². The number of H-pyrrole nitrogens is 1. The molecule has 1 saturated heterocycles. The second kappa shape index (κ2) is 15.7. The highest BCUT2D eigenvalue weighted by atomic mass is 35.5. The summed E-state index contributed by atoms with van der Waals surface area (Å²) >= 11 is 6.23. The number of halogens is 1. The summed E-state index contributed by atoms with van der Waals surface area (Å²) in [5, 5.41) is 4.69. The lowest BCUT2D eigenvalue weighted by molar-refractivity contribution is -0.123. The number of aromatic amines is 1. The summed E-state index contributed by atoms with van der Waals surface area (Å²) in [5.41, 5.74) is 4.18. The van der Waals surface area contributed by atoms with Crippen LogP contribution in [0.1, 0.15) is 22.9 Å². The van der Waals surface area contributed by atoms with E-state index >= 15 is 0 Å². The third kappa shape index (κ3) is 8.27. The number of methoxy groups -OCH3 is 2. The number of aromatic nitrogens is 1. The Morgan fingerprint density at radius 2 is 1.64 bits per heavy atom. The smallest absolute Gasteiger partial charge is 0.257 e. The van der Waals surface area contributed by atoms with E-state index in [9.17, 15) is 9.59 Å². The number of nitrogens with zero attached hydrogens (tertiary/aromatic N) is 2. The number of ether oxygens (including phenoxy) is 4. The summed E-state index contributed by atoms with van der Waals surface area (Å²) in [6.07, 6.45) is 1.67. The summed E-state index contributed by atoms with van der Waals surface area (Å²) < 4.78 is 20.9. The molecule has 1 fully saturated rings. The quantitative estimate of drug-likeness (QED) is 0.248. The first kappa shape index (κ1) is 32.2. The zero-order valence-corrected chi connectivity index (χ0v) is 26.3. The molecule has 0 saturated carbocycles. The minimum atomic E-state index is -0.222. The van der Waals surface area contributed by atoms with Crippen molar-refractivity contribution in [1.82, 2.24) is 20.1 Å². The number of rotatable bonds is 10. The molecule has 11 heteroatoms. The number of nitrogens with one attached hydrogen (secondary N) is 2. The van der Waals surface area contributed by atoms with Gasteiger partial charge >= 0.3 is 0 Å². The molecule has 0 aliphatic carbocycles. The molecule has 0 spiro atoms. The zero-order chi connectivity index (χ0) is 31.6. The standard InChI is InChI=1S/C26H29ClN4O4.C8H10O2/c27-19-3-6-23-22(15-19)21-7-9-31(17-32)26(25(21)29-23)18-1-4-20(5-2-18)35-16-24(33)28-8-10-30-11-13-34-14-12-30;1-9-7-3-5-8(10-2)6-4-7/h1-6,15,17,26,29H,7-14,16H2,(H,28,33);3-6H,1-2H3. The topological polar surface area (TPSA) is 105 Å². The molecule has 0 radical (unpaired) electrons. The lowest BCUT2D eigenvalue weighted by Crippen LogP contribution is -2.42. The molecule has 2 amide bonds. The molecule has 238 valence electrons. The number of fused-ring (bicyclic) bond motifs is 3. The van der Waals surface area contributed by atoms with Crippen molar-refractivity contribution in [3.8, 4) is 17.2 Å². The van der Waals surface area contributed by atoms with Crippen LogP contribution in [0.25, 0.3) is 10.9 Å². The Kier molecular flexibility index (Phi) is 11.2. The van der Waals surface area contributed by atoms with E-state index in [2.05, 4.69) is 15.2 Å². The van der Waals surface area contributed by atoms with E-state index < -0.39 is 0 Å². The number of carbonyl (C=O) groups is 2. The summed E-state index contributed by atoms with van der Waals surface area (Å²) in [4.78, 5) is 31.6. The van der Waals surface area contributed by atoms with E-state index in [1.807, 2.05) is 66.7 Å². The Labute approximate surface area is 268 Å². The van der Waals surface area contributed by atoms with Gasteiger partial charge in [0.15, 0.2) is 6.61 Å². The highest BCUT2D eigenvalue weighted by Crippen LogP contribution is 2.38. The van der Waals surface area contributed by atoms with E-state index in [-0.39, 0.29) is 18.6 Å². The van der Waals surface area contributed by atoms with E-state index in [0.29, 0.717) is 23.9 Å². The Balaban J connectivity index is 0.000000342.